The van der Waals surface area contributed by atoms with Crippen molar-refractivity contribution < 1.29 is 0 Å². The first-order chi connectivity index (χ1) is 9.72. The molecule has 1 N–H and O–H groups in total. The van der Waals surface area contributed by atoms with Crippen LogP contribution in [0.4, 0.5) is 5.95 Å². The van der Waals surface area contributed by atoms with Gasteiger partial charge in [-0.2, -0.15) is 0 Å². The van der Waals surface area contributed by atoms with Crippen LogP contribution in [0.25, 0.3) is 0 Å². The summed E-state index contributed by atoms with van der Waals surface area (Å²) in [6, 6.07) is 2.58. The van der Waals surface area contributed by atoms with E-state index in [9.17, 15) is 0 Å². The molecule has 2 aliphatic rings. The smallest absolute Gasteiger partial charge is 0.223 e. The summed E-state index contributed by atoms with van der Waals surface area (Å²) in [5.41, 5.74) is 2.93. The van der Waals surface area contributed by atoms with E-state index in [0.717, 1.165) is 23.3 Å². The number of rotatable bonds is 3. The van der Waals surface area contributed by atoms with Crippen LogP contribution in [0.3, 0.4) is 0 Å². The first kappa shape index (κ1) is 14.8. The quantitative estimate of drug-likeness (QED) is 0.887. The number of hydrogen-bond donors (Lipinski definition) is 1. The summed E-state index contributed by atoms with van der Waals surface area (Å²) in [6.07, 6.45) is 4.07. The van der Waals surface area contributed by atoms with Gasteiger partial charge in [0.1, 0.15) is 0 Å². The van der Waals surface area contributed by atoms with Gasteiger partial charge >= 0.3 is 0 Å². The highest BCUT2D eigenvalue weighted by Crippen LogP contribution is 2.62. The van der Waals surface area contributed by atoms with E-state index < -0.39 is 0 Å². The van der Waals surface area contributed by atoms with E-state index in [4.69, 9.17) is 4.98 Å². The number of nitrogens with zero attached hydrogens (tertiary/aromatic N) is 2. The molecule has 0 aromatic carbocycles. The molecular formula is C18H29N3. The maximum absolute atomic E-state index is 4.75. The van der Waals surface area contributed by atoms with Gasteiger partial charge in [-0.25, -0.2) is 9.97 Å². The van der Waals surface area contributed by atoms with Crippen molar-refractivity contribution in [2.24, 2.45) is 16.7 Å². The molecular weight excluding hydrogens is 258 g/mol. The zero-order valence-corrected chi connectivity index (χ0v) is 14.3. The highest BCUT2D eigenvalue weighted by molar-refractivity contribution is 5.34. The van der Waals surface area contributed by atoms with E-state index in [1.54, 1.807) is 0 Å². The van der Waals surface area contributed by atoms with Crippen LogP contribution < -0.4 is 5.32 Å². The number of fused-ring (bicyclic) bond motifs is 2. The topological polar surface area (TPSA) is 37.8 Å². The molecule has 3 unspecified atom stereocenters. The van der Waals surface area contributed by atoms with Crippen LogP contribution in [-0.2, 0) is 0 Å². The minimum absolute atomic E-state index is 0.331. The zero-order valence-electron chi connectivity index (χ0n) is 14.3. The fourth-order valence-corrected chi connectivity index (χ4v) is 4.74. The molecule has 2 bridgehead atoms. The van der Waals surface area contributed by atoms with Crippen molar-refractivity contribution in [3.63, 3.8) is 0 Å². The fraction of sp³-hybridized carbons (Fsp3) is 0.778. The lowest BCUT2D eigenvalue weighted by Crippen LogP contribution is -2.46. The van der Waals surface area contributed by atoms with Gasteiger partial charge < -0.3 is 5.32 Å². The Morgan fingerprint density at radius 1 is 1.24 bits per heavy atom. The van der Waals surface area contributed by atoms with E-state index in [1.165, 1.54) is 19.3 Å². The molecule has 0 aliphatic heterocycles. The Bertz CT molecular complexity index is 545. The lowest BCUT2D eigenvalue weighted by Gasteiger charge is -2.43. The van der Waals surface area contributed by atoms with Gasteiger partial charge in [0.25, 0.3) is 0 Å². The Labute approximate surface area is 129 Å². The molecule has 116 valence electrons. The third kappa shape index (κ3) is 2.35. The molecule has 2 saturated carbocycles. The summed E-state index contributed by atoms with van der Waals surface area (Å²) in [6.45, 7) is 13.7. The first-order valence-corrected chi connectivity index (χ1v) is 8.34. The van der Waals surface area contributed by atoms with Crippen molar-refractivity contribution in [1.82, 2.24) is 9.97 Å². The first-order valence-electron chi connectivity index (χ1n) is 8.34. The Balaban J connectivity index is 1.90. The molecule has 2 fully saturated rings. The largest absolute Gasteiger partial charge is 0.350 e. The van der Waals surface area contributed by atoms with Crippen LogP contribution in [-0.4, -0.2) is 16.0 Å². The standard InChI is InChI=1S/C18H29N3/c1-11(2)14-9-12(3)19-16(20-14)21-15-17(4,5)13-7-8-18(15,6)10-13/h9,11,13,15H,7-8,10H2,1-6H3,(H,19,20,21). The van der Waals surface area contributed by atoms with Crippen LogP contribution in [0, 0.1) is 23.7 Å². The number of anilines is 1. The van der Waals surface area contributed by atoms with Gasteiger partial charge in [0.05, 0.1) is 0 Å². The van der Waals surface area contributed by atoms with E-state index in [0.29, 0.717) is 22.8 Å². The van der Waals surface area contributed by atoms with Gasteiger partial charge in [0.15, 0.2) is 0 Å². The summed E-state index contributed by atoms with van der Waals surface area (Å²) in [7, 11) is 0. The molecule has 0 spiro atoms. The summed E-state index contributed by atoms with van der Waals surface area (Å²) < 4.78 is 0. The molecule has 3 heteroatoms. The highest BCUT2D eigenvalue weighted by Gasteiger charge is 2.59. The minimum Gasteiger partial charge on any atom is -0.350 e. The van der Waals surface area contributed by atoms with E-state index >= 15 is 0 Å². The van der Waals surface area contributed by atoms with Gasteiger partial charge in [0, 0.05) is 17.4 Å². The number of hydrogen-bond acceptors (Lipinski definition) is 3. The molecule has 2 aliphatic carbocycles. The molecule has 1 heterocycles. The van der Waals surface area contributed by atoms with E-state index in [-0.39, 0.29) is 0 Å². The summed E-state index contributed by atoms with van der Waals surface area (Å²) in [5.74, 6) is 2.11. The van der Waals surface area contributed by atoms with Crippen molar-refractivity contribution in [3.8, 4) is 0 Å². The van der Waals surface area contributed by atoms with Crippen molar-refractivity contribution in [3.05, 3.63) is 17.5 Å². The molecule has 21 heavy (non-hydrogen) atoms. The SMILES string of the molecule is Cc1cc(C(C)C)nc(NC2C3(C)CCC(C3)C2(C)C)n1. The molecule has 3 atom stereocenters. The van der Waals surface area contributed by atoms with Crippen molar-refractivity contribution >= 4 is 5.95 Å². The van der Waals surface area contributed by atoms with E-state index in [1.807, 2.05) is 0 Å². The van der Waals surface area contributed by atoms with Crippen molar-refractivity contribution in [2.75, 3.05) is 5.32 Å². The molecule has 3 rings (SSSR count). The second-order valence-electron chi connectivity index (χ2n) is 8.40. The van der Waals surface area contributed by atoms with Crippen molar-refractivity contribution in [2.45, 2.75) is 72.8 Å². The second-order valence-corrected chi connectivity index (χ2v) is 8.40. The highest BCUT2D eigenvalue weighted by atomic mass is 15.1. The minimum atomic E-state index is 0.331. The maximum atomic E-state index is 4.75. The van der Waals surface area contributed by atoms with Gasteiger partial charge in [0.2, 0.25) is 5.95 Å². The molecule has 1 aromatic heterocycles. The average molecular weight is 287 g/mol. The number of aromatic nitrogens is 2. The Hall–Kier alpha value is -1.12. The van der Waals surface area contributed by atoms with Crippen LogP contribution in [0.15, 0.2) is 6.07 Å². The normalized spacial score (nSPS) is 33.7. The van der Waals surface area contributed by atoms with Crippen LogP contribution in [0.1, 0.15) is 71.2 Å². The maximum Gasteiger partial charge on any atom is 0.223 e. The molecule has 0 saturated heterocycles. The Morgan fingerprint density at radius 2 is 1.95 bits per heavy atom. The summed E-state index contributed by atoms with van der Waals surface area (Å²) in [5, 5.41) is 3.72. The second kappa shape index (κ2) is 4.69. The molecule has 0 amide bonds. The van der Waals surface area contributed by atoms with Crippen LogP contribution >= 0.6 is 0 Å². The van der Waals surface area contributed by atoms with Crippen molar-refractivity contribution in [1.29, 1.82) is 0 Å². The van der Waals surface area contributed by atoms with Gasteiger partial charge in [-0.1, -0.05) is 34.6 Å². The number of nitrogens with one attached hydrogen (secondary N) is 1. The lowest BCUT2D eigenvalue weighted by atomic mass is 9.68. The Kier molecular flexibility index (Phi) is 3.30. The fourth-order valence-electron chi connectivity index (χ4n) is 4.74. The molecule has 3 nitrogen and oxygen atoms in total. The number of aryl methyl sites for hydroxylation is 1. The molecule has 0 radical (unpaired) electrons. The summed E-state index contributed by atoms with van der Waals surface area (Å²) >= 11 is 0. The lowest BCUT2D eigenvalue weighted by molar-refractivity contribution is 0.155. The Morgan fingerprint density at radius 3 is 2.52 bits per heavy atom. The monoisotopic (exact) mass is 287 g/mol. The zero-order chi connectivity index (χ0) is 15.4. The van der Waals surface area contributed by atoms with Crippen LogP contribution in [0.5, 0.6) is 0 Å². The van der Waals surface area contributed by atoms with Crippen LogP contribution in [0.2, 0.25) is 0 Å². The van der Waals surface area contributed by atoms with Gasteiger partial charge in [-0.3, -0.25) is 0 Å². The van der Waals surface area contributed by atoms with Gasteiger partial charge in [-0.15, -0.1) is 0 Å². The average Bonchev–Trinajstić information content (AvgIpc) is 2.85. The summed E-state index contributed by atoms with van der Waals surface area (Å²) in [4.78, 5) is 9.39. The van der Waals surface area contributed by atoms with Gasteiger partial charge in [-0.05, 0) is 54.9 Å². The van der Waals surface area contributed by atoms with E-state index in [2.05, 4.69) is 57.9 Å². The third-order valence-electron chi connectivity index (χ3n) is 6.01. The predicted octanol–water partition coefficient (Wildman–Crippen LogP) is 4.54. The molecule has 1 aromatic rings. The predicted molar refractivity (Wildman–Crippen MR) is 87.5 cm³/mol. The third-order valence-corrected chi connectivity index (χ3v) is 6.01.